The highest BCUT2D eigenvalue weighted by Gasteiger charge is 2.29. The van der Waals surface area contributed by atoms with Crippen molar-refractivity contribution >= 4 is 28.0 Å². The average molecular weight is 314 g/mol. The quantitative estimate of drug-likeness (QED) is 0.640. The molecule has 0 saturated carbocycles. The summed E-state index contributed by atoms with van der Waals surface area (Å²) < 4.78 is 10.6. The molecule has 0 bridgehead atoms. The van der Waals surface area contributed by atoms with Crippen LogP contribution in [0.25, 0.3) is 6.08 Å². The molecule has 3 heterocycles. The zero-order valence-electron chi connectivity index (χ0n) is 11.9. The molecule has 0 saturated heterocycles. The fourth-order valence-electron chi connectivity index (χ4n) is 2.45. The largest absolute Gasteiger partial charge is 0.454 e. The molecule has 3 aliphatic rings. The molecule has 0 spiro atoms. The van der Waals surface area contributed by atoms with Crippen LogP contribution in [0.1, 0.15) is 5.56 Å². The van der Waals surface area contributed by atoms with Gasteiger partial charge in [0.2, 0.25) is 6.79 Å². The third kappa shape index (κ3) is 2.12. The summed E-state index contributed by atoms with van der Waals surface area (Å²) in [6.45, 7) is 0.238. The second-order valence-corrected chi connectivity index (χ2v) is 6.82. The third-order valence-electron chi connectivity index (χ3n) is 3.58. The van der Waals surface area contributed by atoms with Crippen molar-refractivity contribution in [3.05, 3.63) is 52.4 Å². The smallest absolute Gasteiger partial charge is 0.278 e. The van der Waals surface area contributed by atoms with Crippen molar-refractivity contribution in [2.24, 2.45) is 4.99 Å². The lowest BCUT2D eigenvalue weighted by molar-refractivity contribution is -0.121. The SMILES string of the molecule is CN1C(=O)/C(=C/c2ccc3c(c2)OCO3)N=C1[SH]1C=CC=C1. The Kier molecular flexibility index (Phi) is 3.04. The number of likely N-dealkylation sites (N-methyl/N-ethyl adjacent to an activating group) is 1. The Bertz CT molecular complexity index is 768. The number of amidine groups is 1. The van der Waals surface area contributed by atoms with Crippen LogP contribution in [0.15, 0.2) is 51.9 Å². The van der Waals surface area contributed by atoms with Crippen LogP contribution in [0.4, 0.5) is 0 Å². The van der Waals surface area contributed by atoms with E-state index in [0.29, 0.717) is 11.4 Å². The minimum Gasteiger partial charge on any atom is -0.454 e. The van der Waals surface area contributed by atoms with E-state index in [2.05, 4.69) is 15.8 Å². The van der Waals surface area contributed by atoms with Crippen LogP contribution in [0.5, 0.6) is 11.5 Å². The van der Waals surface area contributed by atoms with Crippen LogP contribution in [-0.2, 0) is 4.79 Å². The molecule has 0 N–H and O–H groups in total. The highest BCUT2D eigenvalue weighted by atomic mass is 32.2. The Labute approximate surface area is 130 Å². The Balaban J connectivity index is 1.68. The molecule has 0 aromatic heterocycles. The van der Waals surface area contributed by atoms with Gasteiger partial charge in [-0.1, -0.05) is 18.2 Å². The van der Waals surface area contributed by atoms with Gasteiger partial charge in [-0.3, -0.25) is 9.69 Å². The molecule has 0 unspecified atom stereocenters. The van der Waals surface area contributed by atoms with Crippen molar-refractivity contribution in [1.29, 1.82) is 0 Å². The van der Waals surface area contributed by atoms with E-state index in [-0.39, 0.29) is 12.7 Å². The first-order chi connectivity index (χ1) is 10.7. The molecule has 1 aromatic rings. The molecule has 0 aliphatic carbocycles. The van der Waals surface area contributed by atoms with Gasteiger partial charge in [-0.15, -0.1) is 0 Å². The van der Waals surface area contributed by atoms with E-state index in [9.17, 15) is 4.79 Å². The molecule has 3 aliphatic heterocycles. The monoisotopic (exact) mass is 314 g/mol. The standard InChI is InChI=1S/C16H14N2O3S/c1-18-15(19)12(17-16(18)22-6-2-3-7-22)8-11-4-5-13-14(9-11)21-10-20-13/h2-9,22H,10H2,1H3/b12-8-. The van der Waals surface area contributed by atoms with Crippen molar-refractivity contribution in [3.63, 3.8) is 0 Å². The minimum absolute atomic E-state index is 0.0798. The highest BCUT2D eigenvalue weighted by Crippen LogP contribution is 2.39. The third-order valence-corrected chi connectivity index (χ3v) is 5.43. The summed E-state index contributed by atoms with van der Waals surface area (Å²) in [5.41, 5.74) is 1.32. The number of benzene rings is 1. The predicted molar refractivity (Wildman–Crippen MR) is 88.0 cm³/mol. The van der Waals surface area contributed by atoms with Crippen molar-refractivity contribution < 1.29 is 14.3 Å². The van der Waals surface area contributed by atoms with E-state index in [4.69, 9.17) is 9.47 Å². The number of allylic oxidation sites excluding steroid dienone is 2. The van der Waals surface area contributed by atoms with Crippen LogP contribution in [0.2, 0.25) is 0 Å². The fraction of sp³-hybridized carbons (Fsp3) is 0.125. The van der Waals surface area contributed by atoms with Gasteiger partial charge in [0.05, 0.1) is 0 Å². The topological polar surface area (TPSA) is 51.1 Å². The fourth-order valence-corrected chi connectivity index (χ4v) is 4.04. The van der Waals surface area contributed by atoms with Gasteiger partial charge in [0, 0.05) is 7.05 Å². The summed E-state index contributed by atoms with van der Waals surface area (Å²) in [6.07, 6.45) is 5.77. The predicted octanol–water partition coefficient (Wildman–Crippen LogP) is 2.63. The van der Waals surface area contributed by atoms with Crippen molar-refractivity contribution in [2.75, 3.05) is 13.8 Å². The average Bonchev–Trinajstić information content (AvgIpc) is 3.24. The number of carbonyl (C=O) groups is 1. The molecule has 5 nitrogen and oxygen atoms in total. The normalized spacial score (nSPS) is 22.1. The lowest BCUT2D eigenvalue weighted by atomic mass is 10.1. The number of amides is 1. The van der Waals surface area contributed by atoms with Gasteiger partial charge in [-0.25, -0.2) is 4.99 Å². The van der Waals surface area contributed by atoms with Gasteiger partial charge in [0.15, 0.2) is 16.7 Å². The molecule has 0 fully saturated rings. The lowest BCUT2D eigenvalue weighted by Crippen LogP contribution is -2.26. The number of fused-ring (bicyclic) bond motifs is 1. The molecule has 4 rings (SSSR count). The molecular weight excluding hydrogens is 300 g/mol. The molecule has 0 radical (unpaired) electrons. The Hall–Kier alpha value is -2.47. The van der Waals surface area contributed by atoms with E-state index >= 15 is 0 Å². The van der Waals surface area contributed by atoms with Crippen LogP contribution in [0.3, 0.4) is 0 Å². The van der Waals surface area contributed by atoms with Crippen LogP contribution in [-0.4, -0.2) is 29.8 Å². The van der Waals surface area contributed by atoms with Gasteiger partial charge in [0.1, 0.15) is 5.70 Å². The van der Waals surface area contributed by atoms with Crippen LogP contribution < -0.4 is 9.47 Å². The van der Waals surface area contributed by atoms with E-state index in [1.807, 2.05) is 30.4 Å². The minimum atomic E-state index is -0.609. The van der Waals surface area contributed by atoms with Crippen LogP contribution >= 0.6 is 10.9 Å². The van der Waals surface area contributed by atoms with E-state index in [1.165, 1.54) is 0 Å². The molecular formula is C16H14N2O3S. The molecule has 0 atom stereocenters. The van der Waals surface area contributed by atoms with Gasteiger partial charge >= 0.3 is 0 Å². The second kappa shape index (κ2) is 5.06. The lowest BCUT2D eigenvalue weighted by Gasteiger charge is -2.16. The summed E-state index contributed by atoms with van der Waals surface area (Å²) in [5, 5.41) is 4.99. The van der Waals surface area contributed by atoms with Gasteiger partial charge in [-0.05, 0) is 34.6 Å². The number of carbonyl (C=O) groups excluding carboxylic acids is 1. The van der Waals surface area contributed by atoms with E-state index in [1.54, 1.807) is 18.0 Å². The molecule has 1 aromatic carbocycles. The van der Waals surface area contributed by atoms with E-state index < -0.39 is 10.9 Å². The van der Waals surface area contributed by atoms with Gasteiger partial charge in [0.25, 0.3) is 5.91 Å². The summed E-state index contributed by atoms with van der Waals surface area (Å²) in [4.78, 5) is 18.5. The number of rotatable bonds is 1. The molecule has 1 amide bonds. The first-order valence-electron chi connectivity index (χ1n) is 6.84. The van der Waals surface area contributed by atoms with Crippen molar-refractivity contribution in [1.82, 2.24) is 4.90 Å². The van der Waals surface area contributed by atoms with Gasteiger partial charge < -0.3 is 9.47 Å². The Morgan fingerprint density at radius 3 is 2.82 bits per heavy atom. The second-order valence-electron chi connectivity index (χ2n) is 5.01. The maximum atomic E-state index is 12.4. The number of thiol groups is 1. The summed E-state index contributed by atoms with van der Waals surface area (Å²) in [7, 11) is 1.16. The number of hydrogen-bond acceptors (Lipinski definition) is 4. The summed E-state index contributed by atoms with van der Waals surface area (Å²) >= 11 is 0. The van der Waals surface area contributed by atoms with Gasteiger partial charge in [-0.2, -0.15) is 10.9 Å². The first-order valence-corrected chi connectivity index (χ1v) is 8.32. The summed E-state index contributed by atoms with van der Waals surface area (Å²) in [6, 6.07) is 5.59. The zero-order chi connectivity index (χ0) is 15.1. The van der Waals surface area contributed by atoms with Crippen LogP contribution in [0, 0.1) is 0 Å². The Morgan fingerprint density at radius 2 is 2.00 bits per heavy atom. The summed E-state index contributed by atoms with van der Waals surface area (Å²) in [5.74, 6) is 1.35. The molecule has 22 heavy (non-hydrogen) atoms. The Morgan fingerprint density at radius 1 is 1.23 bits per heavy atom. The first kappa shape index (κ1) is 13.2. The number of aliphatic imine (C=N–C) groups is 1. The van der Waals surface area contributed by atoms with E-state index in [0.717, 1.165) is 16.5 Å². The number of hydrogen-bond donors (Lipinski definition) is 1. The molecule has 6 heteroatoms. The van der Waals surface area contributed by atoms with Crippen molar-refractivity contribution in [3.8, 4) is 11.5 Å². The molecule has 112 valence electrons. The zero-order valence-corrected chi connectivity index (χ0v) is 12.8. The number of ether oxygens (including phenoxy) is 2. The maximum Gasteiger partial charge on any atom is 0.278 e. The highest BCUT2D eigenvalue weighted by molar-refractivity contribution is 8.34. The number of nitrogens with zero attached hydrogens (tertiary/aromatic N) is 2. The maximum absolute atomic E-state index is 12.4. The van der Waals surface area contributed by atoms with Crippen molar-refractivity contribution in [2.45, 2.75) is 0 Å².